The largest absolute Gasteiger partial charge is 0.351 e. The zero-order chi connectivity index (χ0) is 11.4. The Labute approximate surface area is 85.8 Å². The van der Waals surface area contributed by atoms with E-state index in [0.29, 0.717) is 6.54 Å². The smallest absolute Gasteiger partial charge is 0.287 e. The highest BCUT2D eigenvalue weighted by Crippen LogP contribution is 2.11. The fourth-order valence-electron chi connectivity index (χ4n) is 0.968. The molecule has 1 heterocycles. The van der Waals surface area contributed by atoms with Crippen LogP contribution < -0.4 is 11.1 Å². The summed E-state index contributed by atoms with van der Waals surface area (Å²) in [6.45, 7) is 2.07. The molecule has 1 aromatic heterocycles. The molecular formula is C8H12N4O3. The molecule has 0 spiro atoms. The highest BCUT2D eigenvalue weighted by atomic mass is 16.6. The van der Waals surface area contributed by atoms with Crippen LogP contribution >= 0.6 is 0 Å². The molecule has 15 heavy (non-hydrogen) atoms. The monoisotopic (exact) mass is 212 g/mol. The lowest BCUT2D eigenvalue weighted by Crippen LogP contribution is -2.35. The second-order valence-corrected chi connectivity index (χ2v) is 3.22. The number of nitrogens with one attached hydrogen (secondary N) is 2. The van der Waals surface area contributed by atoms with Gasteiger partial charge in [-0.05, 0) is 6.92 Å². The predicted molar refractivity (Wildman–Crippen MR) is 53.4 cm³/mol. The normalized spacial score (nSPS) is 12.1. The van der Waals surface area contributed by atoms with Crippen LogP contribution in [0.4, 0.5) is 5.69 Å². The number of nitrogens with zero attached hydrogens (tertiary/aromatic N) is 1. The van der Waals surface area contributed by atoms with Gasteiger partial charge in [-0.2, -0.15) is 0 Å². The number of carbonyl (C=O) groups excluding carboxylic acids is 1. The third-order valence-electron chi connectivity index (χ3n) is 1.71. The minimum atomic E-state index is -0.571. The molecule has 0 fully saturated rings. The van der Waals surface area contributed by atoms with Gasteiger partial charge in [0.1, 0.15) is 5.69 Å². The predicted octanol–water partition coefficient (Wildman–Crippen LogP) is -0.000100. The molecule has 0 bridgehead atoms. The summed E-state index contributed by atoms with van der Waals surface area (Å²) in [6.07, 6.45) is 1.17. The molecule has 1 atom stereocenters. The topological polar surface area (TPSA) is 114 Å². The molecule has 1 rings (SSSR count). The number of hydrogen-bond donors (Lipinski definition) is 3. The fraction of sp³-hybridized carbons (Fsp3) is 0.375. The van der Waals surface area contributed by atoms with Crippen LogP contribution in [0.3, 0.4) is 0 Å². The van der Waals surface area contributed by atoms with Crippen LogP contribution in [-0.4, -0.2) is 28.4 Å². The lowest BCUT2D eigenvalue weighted by molar-refractivity contribution is -0.384. The zero-order valence-electron chi connectivity index (χ0n) is 8.19. The number of hydrogen-bond acceptors (Lipinski definition) is 4. The van der Waals surface area contributed by atoms with E-state index in [9.17, 15) is 14.9 Å². The van der Waals surface area contributed by atoms with Gasteiger partial charge in [-0.1, -0.05) is 0 Å². The van der Waals surface area contributed by atoms with E-state index in [2.05, 4.69) is 10.3 Å². The van der Waals surface area contributed by atoms with Crippen molar-refractivity contribution in [3.05, 3.63) is 28.1 Å². The molecule has 4 N–H and O–H groups in total. The van der Waals surface area contributed by atoms with Gasteiger partial charge >= 0.3 is 0 Å². The van der Waals surface area contributed by atoms with E-state index in [1.165, 1.54) is 12.3 Å². The maximum absolute atomic E-state index is 11.4. The minimum absolute atomic E-state index is 0.138. The van der Waals surface area contributed by atoms with Crippen molar-refractivity contribution < 1.29 is 9.72 Å². The van der Waals surface area contributed by atoms with Crippen LogP contribution in [0.5, 0.6) is 0 Å². The Hall–Kier alpha value is -1.89. The van der Waals surface area contributed by atoms with Crippen molar-refractivity contribution in [3.63, 3.8) is 0 Å². The maximum atomic E-state index is 11.4. The molecule has 1 aromatic rings. The van der Waals surface area contributed by atoms with Gasteiger partial charge < -0.3 is 16.0 Å². The Morgan fingerprint density at radius 3 is 2.93 bits per heavy atom. The van der Waals surface area contributed by atoms with Crippen molar-refractivity contribution in [1.82, 2.24) is 10.3 Å². The summed E-state index contributed by atoms with van der Waals surface area (Å²) in [4.78, 5) is 23.6. The lowest BCUT2D eigenvalue weighted by atomic mass is 10.3. The summed E-state index contributed by atoms with van der Waals surface area (Å²) >= 11 is 0. The minimum Gasteiger partial charge on any atom is -0.351 e. The van der Waals surface area contributed by atoms with Gasteiger partial charge in [0.2, 0.25) is 0 Å². The number of nitrogens with two attached hydrogens (primary N) is 1. The lowest BCUT2D eigenvalue weighted by Gasteiger charge is -2.05. The van der Waals surface area contributed by atoms with Crippen molar-refractivity contribution >= 4 is 11.6 Å². The van der Waals surface area contributed by atoms with Gasteiger partial charge in [0.25, 0.3) is 11.6 Å². The van der Waals surface area contributed by atoms with Crippen molar-refractivity contribution in [2.24, 2.45) is 5.73 Å². The van der Waals surface area contributed by atoms with Crippen molar-refractivity contribution in [2.45, 2.75) is 13.0 Å². The SMILES string of the molecule is CC(N)CNC(=O)c1cc([N+](=O)[O-])c[nH]1. The Balaban J connectivity index is 2.62. The standard InChI is InChI=1S/C8H12N4O3/c1-5(9)3-11-8(13)7-2-6(4-10-7)12(14)15/h2,4-5,10H,3,9H2,1H3,(H,11,13). The van der Waals surface area contributed by atoms with E-state index in [0.717, 1.165) is 0 Å². The van der Waals surface area contributed by atoms with E-state index in [1.807, 2.05) is 0 Å². The summed E-state index contributed by atoms with van der Waals surface area (Å²) in [5.74, 6) is -0.402. The molecule has 0 aliphatic carbocycles. The molecule has 0 aliphatic heterocycles. The van der Waals surface area contributed by atoms with Gasteiger partial charge in [0, 0.05) is 18.7 Å². The first-order valence-corrected chi connectivity index (χ1v) is 4.37. The number of aromatic nitrogens is 1. The van der Waals surface area contributed by atoms with Crippen LogP contribution in [-0.2, 0) is 0 Å². The number of rotatable bonds is 4. The summed E-state index contributed by atoms with van der Waals surface area (Å²) in [7, 11) is 0. The Morgan fingerprint density at radius 2 is 2.47 bits per heavy atom. The third kappa shape index (κ3) is 3.06. The molecule has 7 nitrogen and oxygen atoms in total. The average Bonchev–Trinajstić information content (AvgIpc) is 2.62. The second kappa shape index (κ2) is 4.56. The number of carbonyl (C=O) groups is 1. The number of aromatic amines is 1. The molecule has 0 radical (unpaired) electrons. The van der Waals surface area contributed by atoms with Crippen molar-refractivity contribution in [2.75, 3.05) is 6.54 Å². The van der Waals surface area contributed by atoms with E-state index < -0.39 is 10.8 Å². The van der Waals surface area contributed by atoms with Gasteiger partial charge in [-0.15, -0.1) is 0 Å². The number of amides is 1. The van der Waals surface area contributed by atoms with Gasteiger partial charge in [-0.25, -0.2) is 0 Å². The number of H-pyrrole nitrogens is 1. The van der Waals surface area contributed by atoms with Crippen LogP contribution in [0, 0.1) is 10.1 Å². The highest BCUT2D eigenvalue weighted by molar-refractivity contribution is 5.93. The second-order valence-electron chi connectivity index (χ2n) is 3.22. The third-order valence-corrected chi connectivity index (χ3v) is 1.71. The van der Waals surface area contributed by atoms with Crippen molar-refractivity contribution in [3.8, 4) is 0 Å². The Kier molecular flexibility index (Phi) is 3.40. The molecule has 82 valence electrons. The highest BCUT2D eigenvalue weighted by Gasteiger charge is 2.13. The quantitative estimate of drug-likeness (QED) is 0.481. The molecule has 0 aromatic carbocycles. The Morgan fingerprint density at radius 1 is 1.80 bits per heavy atom. The summed E-state index contributed by atoms with van der Waals surface area (Å²) < 4.78 is 0. The maximum Gasteiger partial charge on any atom is 0.287 e. The van der Waals surface area contributed by atoms with E-state index in [4.69, 9.17) is 5.73 Å². The molecule has 1 unspecified atom stereocenters. The van der Waals surface area contributed by atoms with Crippen LogP contribution in [0.1, 0.15) is 17.4 Å². The molecule has 7 heteroatoms. The molecular weight excluding hydrogens is 200 g/mol. The zero-order valence-corrected chi connectivity index (χ0v) is 8.19. The van der Waals surface area contributed by atoms with E-state index >= 15 is 0 Å². The number of nitro groups is 1. The summed E-state index contributed by atoms with van der Waals surface area (Å²) in [5.41, 5.74) is 5.46. The molecule has 0 aliphatic rings. The van der Waals surface area contributed by atoms with Crippen LogP contribution in [0.2, 0.25) is 0 Å². The first kappa shape index (κ1) is 11.2. The van der Waals surface area contributed by atoms with Gasteiger partial charge in [0.15, 0.2) is 0 Å². The Bertz CT molecular complexity index is 372. The fourth-order valence-corrected chi connectivity index (χ4v) is 0.968. The van der Waals surface area contributed by atoms with Crippen LogP contribution in [0.15, 0.2) is 12.3 Å². The summed E-state index contributed by atoms with van der Waals surface area (Å²) in [5, 5.41) is 12.9. The van der Waals surface area contributed by atoms with Gasteiger partial charge in [0.05, 0.1) is 11.1 Å². The molecule has 0 saturated heterocycles. The average molecular weight is 212 g/mol. The van der Waals surface area contributed by atoms with E-state index in [-0.39, 0.29) is 17.4 Å². The van der Waals surface area contributed by atoms with Gasteiger partial charge in [-0.3, -0.25) is 14.9 Å². The first-order valence-electron chi connectivity index (χ1n) is 4.37. The first-order chi connectivity index (χ1) is 7.00. The van der Waals surface area contributed by atoms with Crippen LogP contribution in [0.25, 0.3) is 0 Å². The molecule has 1 amide bonds. The van der Waals surface area contributed by atoms with E-state index in [1.54, 1.807) is 6.92 Å². The molecule has 0 saturated carbocycles. The summed E-state index contributed by atoms with van der Waals surface area (Å²) in [6, 6.07) is 1.02. The van der Waals surface area contributed by atoms with Crippen molar-refractivity contribution in [1.29, 1.82) is 0 Å².